The average Bonchev–Trinajstić information content (AvgIpc) is 4.08. The molecule has 2 N–H and O–H groups in total. The highest BCUT2D eigenvalue weighted by Crippen LogP contribution is 2.52. The van der Waals surface area contributed by atoms with Gasteiger partial charge in [-0.15, -0.1) is 0 Å². The predicted octanol–water partition coefficient (Wildman–Crippen LogP) is 6.19. The van der Waals surface area contributed by atoms with E-state index in [4.69, 9.17) is 14.5 Å². The number of benzene rings is 1. The Morgan fingerprint density at radius 3 is 2.54 bits per heavy atom. The number of carbonyl (C=O) groups excluding carboxylic acids is 4. The van der Waals surface area contributed by atoms with Crippen molar-refractivity contribution in [1.82, 2.24) is 19.9 Å². The summed E-state index contributed by atoms with van der Waals surface area (Å²) in [7, 11) is -2.33. The molecular formula is C44H58N4O8S. The lowest BCUT2D eigenvalue weighted by Crippen LogP contribution is -2.57. The van der Waals surface area contributed by atoms with Crippen LogP contribution in [0.3, 0.4) is 0 Å². The quantitative estimate of drug-likeness (QED) is 0.297. The molecule has 12 nitrogen and oxygen atoms in total. The lowest BCUT2D eigenvalue weighted by Gasteiger charge is -2.37. The van der Waals surface area contributed by atoms with Gasteiger partial charge in [0.05, 0.1) is 29.6 Å². The number of ether oxygens (including phenoxy) is 2. The van der Waals surface area contributed by atoms with E-state index in [1.807, 2.05) is 51.1 Å². The highest BCUT2D eigenvalue weighted by Gasteiger charge is 2.64. The number of aryl methyl sites for hydroxylation is 1. The maximum absolute atomic E-state index is 15.0. The van der Waals surface area contributed by atoms with Crippen molar-refractivity contribution in [2.45, 2.75) is 152 Å². The number of ketones is 1. The van der Waals surface area contributed by atoms with Gasteiger partial charge in [0.25, 0.3) is 5.91 Å². The monoisotopic (exact) mass is 802 g/mol. The summed E-state index contributed by atoms with van der Waals surface area (Å²) in [4.78, 5) is 64.0. The molecular weight excluding hydrogens is 745 g/mol. The SMILES string of the molecule is COc1ccc2nc(C3CC3)c3c(c2c1)CC[C@]1(C[C@H]2C(=O)N[C@]4(C(=O)NS(=O)(=O)C5(C)CC5)C[C@H]4/C=C\CCCCC[C@H](CC(=O)CC(C)(C)C)C(=O)N2C1)O3. The number of amides is 3. The van der Waals surface area contributed by atoms with Crippen molar-refractivity contribution in [1.29, 1.82) is 0 Å². The number of Topliss-reactive ketones (excluding diaryl/α,β-unsaturated/α-hetero) is 1. The summed E-state index contributed by atoms with van der Waals surface area (Å²) >= 11 is 0. The van der Waals surface area contributed by atoms with E-state index in [9.17, 15) is 27.6 Å². The maximum Gasteiger partial charge on any atom is 0.259 e. The van der Waals surface area contributed by atoms with Gasteiger partial charge in [-0.1, -0.05) is 45.8 Å². The molecule has 1 aromatic carbocycles. The van der Waals surface area contributed by atoms with Crippen LogP contribution in [-0.4, -0.2) is 77.4 Å². The third kappa shape index (κ3) is 7.81. The molecule has 308 valence electrons. The minimum atomic E-state index is -3.97. The highest BCUT2D eigenvalue weighted by molar-refractivity contribution is 7.91. The molecule has 4 heterocycles. The highest BCUT2D eigenvalue weighted by atomic mass is 32.2. The largest absolute Gasteiger partial charge is 0.497 e. The van der Waals surface area contributed by atoms with Gasteiger partial charge < -0.3 is 19.7 Å². The van der Waals surface area contributed by atoms with Crippen LogP contribution in [0.25, 0.3) is 10.9 Å². The number of nitrogens with one attached hydrogen (secondary N) is 2. The van der Waals surface area contributed by atoms with E-state index >= 15 is 0 Å². The van der Waals surface area contributed by atoms with E-state index in [1.54, 1.807) is 18.9 Å². The van der Waals surface area contributed by atoms with Crippen LogP contribution in [0.1, 0.15) is 135 Å². The van der Waals surface area contributed by atoms with Crippen molar-refractivity contribution in [3.63, 3.8) is 0 Å². The van der Waals surface area contributed by atoms with Crippen molar-refractivity contribution in [3.05, 3.63) is 41.6 Å². The first-order chi connectivity index (χ1) is 27.0. The van der Waals surface area contributed by atoms with Gasteiger partial charge in [-0.2, -0.15) is 0 Å². The Bertz CT molecular complexity index is 2140. The van der Waals surface area contributed by atoms with Gasteiger partial charge in [-0.25, -0.2) is 13.4 Å². The molecule has 1 spiro atoms. The van der Waals surface area contributed by atoms with Crippen LogP contribution in [-0.2, 0) is 35.6 Å². The second-order valence-electron chi connectivity index (χ2n) is 19.3. The summed E-state index contributed by atoms with van der Waals surface area (Å²) in [5.41, 5.74) is 0.196. The van der Waals surface area contributed by atoms with Crippen LogP contribution < -0.4 is 19.5 Å². The third-order valence-electron chi connectivity index (χ3n) is 13.3. The van der Waals surface area contributed by atoms with Crippen LogP contribution >= 0.6 is 0 Å². The van der Waals surface area contributed by atoms with E-state index in [1.165, 1.54) is 0 Å². The molecule has 3 aliphatic heterocycles. The Kier molecular flexibility index (Phi) is 10.0. The normalized spacial score (nSPS) is 30.5. The molecule has 3 amide bonds. The number of carbonyl (C=O) groups is 4. The summed E-state index contributed by atoms with van der Waals surface area (Å²) in [6.45, 7) is 7.79. The molecule has 5 atom stereocenters. The number of aromatic nitrogens is 1. The topological polar surface area (TPSA) is 161 Å². The first-order valence-corrected chi connectivity index (χ1v) is 22.5. The van der Waals surface area contributed by atoms with Crippen LogP contribution in [0, 0.1) is 17.3 Å². The lowest BCUT2D eigenvalue weighted by atomic mass is 9.85. The fourth-order valence-corrected chi connectivity index (χ4v) is 10.7. The molecule has 1 saturated heterocycles. The third-order valence-corrected chi connectivity index (χ3v) is 15.5. The number of hydrogen-bond acceptors (Lipinski definition) is 9. The van der Waals surface area contributed by atoms with Crippen molar-refractivity contribution >= 4 is 44.4 Å². The zero-order valence-corrected chi connectivity index (χ0v) is 34.9. The minimum absolute atomic E-state index is 0.0175. The zero-order chi connectivity index (χ0) is 40.5. The zero-order valence-electron chi connectivity index (χ0n) is 34.1. The summed E-state index contributed by atoms with van der Waals surface area (Å²) in [5, 5.41) is 3.98. The summed E-state index contributed by atoms with van der Waals surface area (Å²) in [6, 6.07) is 4.87. The van der Waals surface area contributed by atoms with Gasteiger partial charge in [0, 0.05) is 48.0 Å². The molecule has 8 rings (SSSR count). The minimum Gasteiger partial charge on any atom is -0.497 e. The first-order valence-electron chi connectivity index (χ1n) is 21.0. The molecule has 1 aromatic heterocycles. The number of rotatable bonds is 8. The predicted molar refractivity (Wildman–Crippen MR) is 215 cm³/mol. The van der Waals surface area contributed by atoms with E-state index in [0.29, 0.717) is 38.5 Å². The smallest absolute Gasteiger partial charge is 0.259 e. The van der Waals surface area contributed by atoms with Crippen LogP contribution in [0.4, 0.5) is 0 Å². The Morgan fingerprint density at radius 2 is 1.84 bits per heavy atom. The van der Waals surface area contributed by atoms with Gasteiger partial charge in [-0.05, 0) is 94.7 Å². The Balaban J connectivity index is 1.15. The summed E-state index contributed by atoms with van der Waals surface area (Å²) < 4.78 is 40.6. The Labute approximate surface area is 336 Å². The molecule has 4 fully saturated rings. The van der Waals surface area contributed by atoms with E-state index in [-0.39, 0.29) is 48.8 Å². The number of nitrogens with zero attached hydrogens (tertiary/aromatic N) is 2. The van der Waals surface area contributed by atoms with E-state index in [2.05, 4.69) is 10.0 Å². The molecule has 2 aromatic rings. The number of pyridine rings is 1. The molecule has 3 aliphatic carbocycles. The van der Waals surface area contributed by atoms with Crippen molar-refractivity contribution in [2.75, 3.05) is 13.7 Å². The summed E-state index contributed by atoms with van der Waals surface area (Å²) in [5.74, 6) is -0.805. The molecule has 57 heavy (non-hydrogen) atoms. The molecule has 0 radical (unpaired) electrons. The van der Waals surface area contributed by atoms with Crippen molar-refractivity contribution < 1.29 is 37.1 Å². The number of sulfonamides is 1. The Hall–Kier alpha value is -4.00. The van der Waals surface area contributed by atoms with E-state index < -0.39 is 55.6 Å². The standard InChI is InChI=1S/C44H58N4O8S/c1-41(2,3)24-30(49)21-28-11-9-7-6-8-10-12-29-23-44(29,40(52)47-57(53,54)42(4)19-20-42)46-38(50)35-25-43(26-48(35)39(28)51)18-17-32-33-22-31(55-5)15-16-34(33)45-36(27-13-14-27)37(32)56-43/h10,12,15-16,22,27-29,35H,6-9,11,13-14,17-21,23-26H2,1-5H3,(H,46,50)(H,47,52)/b12-10-/t28-,29-,35+,43-,44-/m1/s1. The molecule has 6 aliphatic rings. The van der Waals surface area contributed by atoms with Gasteiger partial charge in [-0.3, -0.25) is 23.9 Å². The molecule has 0 bridgehead atoms. The number of hydrogen-bond donors (Lipinski definition) is 2. The summed E-state index contributed by atoms with van der Waals surface area (Å²) in [6.07, 6.45) is 12.6. The lowest BCUT2D eigenvalue weighted by molar-refractivity contribution is -0.144. The Morgan fingerprint density at radius 1 is 1.07 bits per heavy atom. The fourth-order valence-electron chi connectivity index (χ4n) is 9.37. The van der Waals surface area contributed by atoms with Crippen LogP contribution in [0.15, 0.2) is 30.4 Å². The number of methoxy groups -OCH3 is 1. The molecule has 0 unspecified atom stereocenters. The second kappa shape index (κ2) is 14.4. The van der Waals surface area contributed by atoms with Crippen LogP contribution in [0.2, 0.25) is 0 Å². The van der Waals surface area contributed by atoms with Crippen molar-refractivity contribution in [3.8, 4) is 11.5 Å². The number of allylic oxidation sites excluding steroid dienone is 1. The second-order valence-corrected chi connectivity index (χ2v) is 21.5. The number of fused-ring (bicyclic) bond motifs is 5. The van der Waals surface area contributed by atoms with Gasteiger partial charge in [0.1, 0.15) is 34.5 Å². The van der Waals surface area contributed by atoms with Crippen LogP contribution in [0.5, 0.6) is 11.5 Å². The van der Waals surface area contributed by atoms with Gasteiger partial charge in [0.15, 0.2) is 0 Å². The average molecular weight is 803 g/mol. The van der Waals surface area contributed by atoms with Crippen molar-refractivity contribution in [2.24, 2.45) is 17.3 Å². The van der Waals surface area contributed by atoms with E-state index in [0.717, 1.165) is 72.2 Å². The fraction of sp³-hybridized carbons (Fsp3) is 0.659. The first kappa shape index (κ1) is 39.8. The van der Waals surface area contributed by atoms with Gasteiger partial charge in [0.2, 0.25) is 21.8 Å². The molecule has 13 heteroatoms. The molecule has 3 saturated carbocycles. The van der Waals surface area contributed by atoms with Gasteiger partial charge >= 0.3 is 0 Å². The maximum atomic E-state index is 15.0.